The molecule has 150 valence electrons. The number of unbranched alkanes of at least 4 members (excludes halogenated alkanes) is 1. The summed E-state index contributed by atoms with van der Waals surface area (Å²) in [7, 11) is 0. The van der Waals surface area contributed by atoms with Crippen LogP contribution in [0.15, 0.2) is 66.7 Å². The minimum atomic E-state index is 0.652. The second-order valence-corrected chi connectivity index (χ2v) is 8.24. The van der Waals surface area contributed by atoms with Crippen LogP contribution in [0, 0.1) is 0 Å². The van der Waals surface area contributed by atoms with Gasteiger partial charge in [-0.2, -0.15) is 0 Å². The molecule has 0 N–H and O–H groups in total. The molecule has 0 saturated carbocycles. The average molecular weight is 385 g/mol. The van der Waals surface area contributed by atoms with Crippen molar-refractivity contribution < 1.29 is 4.74 Å². The van der Waals surface area contributed by atoms with Crippen LogP contribution in [0.2, 0.25) is 0 Å². The molecule has 0 amide bonds. The van der Waals surface area contributed by atoms with Crippen LogP contribution in [0.1, 0.15) is 61.3 Å². The predicted molar refractivity (Wildman–Crippen MR) is 123 cm³/mol. The first-order chi connectivity index (χ1) is 14.3. The fourth-order valence-corrected chi connectivity index (χ4v) is 4.32. The quantitative estimate of drug-likeness (QED) is 0.386. The van der Waals surface area contributed by atoms with Crippen LogP contribution in [-0.4, -0.2) is 6.61 Å². The van der Waals surface area contributed by atoms with Crippen LogP contribution in [-0.2, 0) is 19.3 Å². The summed E-state index contributed by atoms with van der Waals surface area (Å²) >= 11 is 0. The summed E-state index contributed by atoms with van der Waals surface area (Å²) in [6, 6.07) is 24.9. The number of aryl methyl sites for hydroxylation is 2. The molecule has 0 aliphatic heterocycles. The lowest BCUT2D eigenvalue weighted by Crippen LogP contribution is -2.12. The Balaban J connectivity index is 1.45. The molecule has 1 aliphatic rings. The third-order valence-electron chi connectivity index (χ3n) is 6.25. The monoisotopic (exact) mass is 384 g/mol. The number of hydrogen-bond acceptors (Lipinski definition) is 1. The zero-order chi connectivity index (χ0) is 20.1. The first kappa shape index (κ1) is 19.8. The Kier molecular flexibility index (Phi) is 6.34. The first-order valence-electron chi connectivity index (χ1n) is 11.2. The van der Waals surface area contributed by atoms with Gasteiger partial charge in [-0.05, 0) is 83.5 Å². The molecule has 1 nitrogen and oxygen atoms in total. The van der Waals surface area contributed by atoms with Crippen molar-refractivity contribution in [2.45, 2.75) is 58.3 Å². The lowest BCUT2D eigenvalue weighted by Gasteiger charge is -2.26. The summed E-state index contributed by atoms with van der Waals surface area (Å²) in [6.45, 7) is 5.21. The van der Waals surface area contributed by atoms with E-state index in [0.717, 1.165) is 38.0 Å². The Labute approximate surface area is 175 Å². The molecule has 3 aromatic carbocycles. The van der Waals surface area contributed by atoms with Gasteiger partial charge < -0.3 is 4.74 Å². The molecule has 0 aromatic heterocycles. The van der Waals surface area contributed by atoms with Gasteiger partial charge in [0, 0.05) is 0 Å². The van der Waals surface area contributed by atoms with E-state index in [-0.39, 0.29) is 0 Å². The Hall–Kier alpha value is -2.54. The maximum absolute atomic E-state index is 5.80. The summed E-state index contributed by atoms with van der Waals surface area (Å²) in [6.07, 6.45) is 6.95. The molecule has 4 rings (SSSR count). The predicted octanol–water partition coefficient (Wildman–Crippen LogP) is 7.37. The van der Waals surface area contributed by atoms with Crippen molar-refractivity contribution >= 4 is 0 Å². The second-order valence-electron chi connectivity index (χ2n) is 8.24. The highest BCUT2D eigenvalue weighted by atomic mass is 16.5. The van der Waals surface area contributed by atoms with E-state index in [0.29, 0.717) is 5.92 Å². The van der Waals surface area contributed by atoms with Gasteiger partial charge in [0.15, 0.2) is 0 Å². The molecule has 1 unspecified atom stereocenters. The zero-order valence-electron chi connectivity index (χ0n) is 17.8. The Bertz CT molecular complexity index is 922. The summed E-state index contributed by atoms with van der Waals surface area (Å²) in [5.74, 6) is 1.62. The molecule has 1 atom stereocenters. The molecular formula is C28H32O. The standard InChI is InChI=1S/C28H32O/c1-3-5-18-29-28-16-14-23(15-17-28)25-11-13-26-19-24(10-12-27(26)20-25)22-8-6-21(4-2)7-9-22/h6-9,11,13-17,20,24H,3-5,10,12,18-19H2,1-2H3. The average Bonchev–Trinajstić information content (AvgIpc) is 2.79. The highest BCUT2D eigenvalue weighted by molar-refractivity contribution is 5.66. The van der Waals surface area contributed by atoms with E-state index in [9.17, 15) is 0 Å². The second kappa shape index (κ2) is 9.31. The zero-order valence-corrected chi connectivity index (χ0v) is 17.8. The van der Waals surface area contributed by atoms with Crippen molar-refractivity contribution in [2.75, 3.05) is 6.61 Å². The SMILES string of the molecule is CCCCOc1ccc(-c2ccc3c(c2)CCC(c2ccc(CC)cc2)C3)cc1. The van der Waals surface area contributed by atoms with Gasteiger partial charge >= 0.3 is 0 Å². The first-order valence-corrected chi connectivity index (χ1v) is 11.2. The van der Waals surface area contributed by atoms with Crippen LogP contribution in [0.4, 0.5) is 0 Å². The summed E-state index contributed by atoms with van der Waals surface area (Å²) in [4.78, 5) is 0. The van der Waals surface area contributed by atoms with Crippen LogP contribution in [0.3, 0.4) is 0 Å². The van der Waals surface area contributed by atoms with Crippen LogP contribution < -0.4 is 4.74 Å². The van der Waals surface area contributed by atoms with Crippen LogP contribution >= 0.6 is 0 Å². The van der Waals surface area contributed by atoms with E-state index in [4.69, 9.17) is 4.74 Å². The molecule has 0 fully saturated rings. The number of benzene rings is 3. The molecule has 0 spiro atoms. The van der Waals surface area contributed by atoms with Crippen LogP contribution in [0.5, 0.6) is 5.75 Å². The maximum Gasteiger partial charge on any atom is 0.119 e. The topological polar surface area (TPSA) is 9.23 Å². The van der Waals surface area contributed by atoms with E-state index in [1.165, 1.54) is 46.2 Å². The number of rotatable bonds is 7. The number of fused-ring (bicyclic) bond motifs is 1. The van der Waals surface area contributed by atoms with E-state index in [1.807, 2.05) is 0 Å². The van der Waals surface area contributed by atoms with Gasteiger partial charge in [0.05, 0.1) is 6.61 Å². The van der Waals surface area contributed by atoms with Gasteiger partial charge in [-0.15, -0.1) is 0 Å². The molecule has 0 heterocycles. The highest BCUT2D eigenvalue weighted by Crippen LogP contribution is 2.35. The van der Waals surface area contributed by atoms with Crippen molar-refractivity contribution in [1.82, 2.24) is 0 Å². The third-order valence-corrected chi connectivity index (χ3v) is 6.25. The Morgan fingerprint density at radius 3 is 2.31 bits per heavy atom. The largest absolute Gasteiger partial charge is 0.494 e. The number of hydrogen-bond donors (Lipinski definition) is 0. The van der Waals surface area contributed by atoms with E-state index >= 15 is 0 Å². The van der Waals surface area contributed by atoms with Gasteiger partial charge in [-0.3, -0.25) is 0 Å². The lowest BCUT2D eigenvalue weighted by molar-refractivity contribution is 0.309. The molecule has 29 heavy (non-hydrogen) atoms. The summed E-state index contributed by atoms with van der Waals surface area (Å²) < 4.78 is 5.80. The fourth-order valence-electron chi connectivity index (χ4n) is 4.32. The Morgan fingerprint density at radius 2 is 1.59 bits per heavy atom. The van der Waals surface area contributed by atoms with Crippen molar-refractivity contribution in [3.63, 3.8) is 0 Å². The third kappa shape index (κ3) is 4.72. The molecule has 0 radical (unpaired) electrons. The maximum atomic E-state index is 5.80. The van der Waals surface area contributed by atoms with E-state index < -0.39 is 0 Å². The Morgan fingerprint density at radius 1 is 0.828 bits per heavy atom. The van der Waals surface area contributed by atoms with Crippen molar-refractivity contribution in [1.29, 1.82) is 0 Å². The van der Waals surface area contributed by atoms with Crippen LogP contribution in [0.25, 0.3) is 11.1 Å². The van der Waals surface area contributed by atoms with Gasteiger partial charge in [0.2, 0.25) is 0 Å². The fraction of sp³-hybridized carbons (Fsp3) is 0.357. The minimum Gasteiger partial charge on any atom is -0.494 e. The normalized spacial score (nSPS) is 15.7. The smallest absolute Gasteiger partial charge is 0.119 e. The van der Waals surface area contributed by atoms with Gasteiger partial charge in [0.25, 0.3) is 0 Å². The minimum absolute atomic E-state index is 0.652. The lowest BCUT2D eigenvalue weighted by atomic mass is 9.79. The molecule has 3 aromatic rings. The van der Waals surface area contributed by atoms with Gasteiger partial charge in [0.1, 0.15) is 5.75 Å². The molecule has 1 aliphatic carbocycles. The molecule has 0 bridgehead atoms. The molecule has 0 saturated heterocycles. The highest BCUT2D eigenvalue weighted by Gasteiger charge is 2.20. The summed E-state index contributed by atoms with van der Waals surface area (Å²) in [5.41, 5.74) is 8.55. The molecular weight excluding hydrogens is 352 g/mol. The van der Waals surface area contributed by atoms with Crippen molar-refractivity contribution in [3.8, 4) is 16.9 Å². The van der Waals surface area contributed by atoms with Gasteiger partial charge in [-0.1, -0.05) is 74.9 Å². The van der Waals surface area contributed by atoms with Crippen molar-refractivity contribution in [3.05, 3.63) is 89.0 Å². The number of ether oxygens (including phenoxy) is 1. The molecule has 1 heteroatoms. The van der Waals surface area contributed by atoms with E-state index in [1.54, 1.807) is 0 Å². The summed E-state index contributed by atoms with van der Waals surface area (Å²) in [5, 5.41) is 0. The van der Waals surface area contributed by atoms with Gasteiger partial charge in [-0.25, -0.2) is 0 Å². The van der Waals surface area contributed by atoms with Crippen molar-refractivity contribution in [2.24, 2.45) is 0 Å². The van der Waals surface area contributed by atoms with E-state index in [2.05, 4.69) is 80.6 Å².